The molecule has 0 amide bonds. The van der Waals surface area contributed by atoms with Crippen LogP contribution in [0.1, 0.15) is 128 Å². The van der Waals surface area contributed by atoms with Gasteiger partial charge in [0.25, 0.3) is 0 Å². The fraction of sp³-hybridized carbons (Fsp3) is 0.500. The second-order valence-electron chi connectivity index (χ2n) is 10.3. The van der Waals surface area contributed by atoms with Gasteiger partial charge in [0, 0.05) is 24.0 Å². The minimum absolute atomic E-state index is 1.01. The SMILES string of the molecule is CCCCCCCCCC#Cc1ccc2cc3cc(C#CCCCCCCCCC)ccc3cc2c1. The molecular formula is C36H46. The smallest absolute Gasteiger partial charge is 0.0251 e. The monoisotopic (exact) mass is 478 g/mol. The standard InChI is InChI=1S/C36H46/c1-3-5-7-9-11-13-15-17-19-21-31-23-25-33-30-36-28-32(24-26-34(36)29-35(33)27-31)22-20-18-16-14-12-10-8-6-4-2/h23-30H,3-18H2,1-2H3. The molecule has 0 bridgehead atoms. The van der Waals surface area contributed by atoms with Crippen LogP contribution in [0.15, 0.2) is 48.5 Å². The molecule has 36 heavy (non-hydrogen) atoms. The minimum atomic E-state index is 1.01. The molecule has 0 heterocycles. The Labute approximate surface area is 221 Å². The number of fused-ring (bicyclic) bond motifs is 2. The fourth-order valence-electron chi connectivity index (χ4n) is 4.82. The molecule has 0 aliphatic heterocycles. The predicted molar refractivity (Wildman–Crippen MR) is 160 cm³/mol. The van der Waals surface area contributed by atoms with Crippen molar-refractivity contribution in [3.63, 3.8) is 0 Å². The molecule has 0 aromatic heterocycles. The first kappa shape index (κ1) is 27.9. The van der Waals surface area contributed by atoms with Crippen LogP contribution in [0.3, 0.4) is 0 Å². The molecule has 0 saturated heterocycles. The van der Waals surface area contributed by atoms with Gasteiger partial charge in [0.1, 0.15) is 0 Å². The first-order valence-corrected chi connectivity index (χ1v) is 14.8. The van der Waals surface area contributed by atoms with E-state index in [0.29, 0.717) is 0 Å². The Morgan fingerprint density at radius 2 is 0.806 bits per heavy atom. The Morgan fingerprint density at radius 3 is 1.22 bits per heavy atom. The summed E-state index contributed by atoms with van der Waals surface area (Å²) < 4.78 is 0. The first-order chi connectivity index (χ1) is 17.8. The Balaban J connectivity index is 1.50. The normalized spacial score (nSPS) is 10.7. The van der Waals surface area contributed by atoms with Gasteiger partial charge in [0.05, 0.1) is 0 Å². The molecule has 3 rings (SSSR count). The largest absolute Gasteiger partial charge is 0.0979 e. The predicted octanol–water partition coefficient (Wildman–Crippen LogP) is 11.0. The highest BCUT2D eigenvalue weighted by Gasteiger charge is 2.01. The maximum absolute atomic E-state index is 3.39. The van der Waals surface area contributed by atoms with E-state index in [4.69, 9.17) is 0 Å². The van der Waals surface area contributed by atoms with Crippen LogP contribution in [0.4, 0.5) is 0 Å². The van der Waals surface area contributed by atoms with E-state index in [2.05, 4.69) is 86.1 Å². The minimum Gasteiger partial charge on any atom is -0.0979 e. The second-order valence-corrected chi connectivity index (χ2v) is 10.3. The van der Waals surface area contributed by atoms with Crippen molar-refractivity contribution in [1.82, 2.24) is 0 Å². The average Bonchev–Trinajstić information content (AvgIpc) is 2.90. The number of hydrogen-bond donors (Lipinski definition) is 0. The molecular weight excluding hydrogens is 432 g/mol. The van der Waals surface area contributed by atoms with Gasteiger partial charge in [-0.05, 0) is 70.8 Å². The van der Waals surface area contributed by atoms with Crippen molar-refractivity contribution in [2.45, 2.75) is 117 Å². The molecule has 0 aliphatic rings. The Morgan fingerprint density at radius 1 is 0.417 bits per heavy atom. The molecule has 0 aliphatic carbocycles. The summed E-state index contributed by atoms with van der Waals surface area (Å²) in [6, 6.07) is 17.8. The van der Waals surface area contributed by atoms with Gasteiger partial charge in [-0.25, -0.2) is 0 Å². The summed E-state index contributed by atoms with van der Waals surface area (Å²) in [5.41, 5.74) is 2.25. The summed E-state index contributed by atoms with van der Waals surface area (Å²) >= 11 is 0. The van der Waals surface area contributed by atoms with Gasteiger partial charge in [-0.1, -0.05) is 127 Å². The number of benzene rings is 3. The summed E-state index contributed by atoms with van der Waals surface area (Å²) in [7, 11) is 0. The van der Waals surface area contributed by atoms with Crippen LogP contribution in [0.2, 0.25) is 0 Å². The van der Waals surface area contributed by atoms with Crippen LogP contribution >= 0.6 is 0 Å². The third-order valence-electron chi connectivity index (χ3n) is 7.07. The van der Waals surface area contributed by atoms with E-state index in [9.17, 15) is 0 Å². The van der Waals surface area contributed by atoms with Crippen LogP contribution in [-0.4, -0.2) is 0 Å². The zero-order valence-electron chi connectivity index (χ0n) is 22.9. The van der Waals surface area contributed by atoms with Gasteiger partial charge in [-0.15, -0.1) is 0 Å². The number of unbranched alkanes of at least 4 members (excludes halogenated alkanes) is 14. The van der Waals surface area contributed by atoms with E-state index < -0.39 is 0 Å². The molecule has 0 atom stereocenters. The van der Waals surface area contributed by atoms with E-state index in [1.54, 1.807) is 0 Å². The number of hydrogen-bond acceptors (Lipinski definition) is 0. The molecule has 190 valence electrons. The van der Waals surface area contributed by atoms with Gasteiger partial charge in [-0.3, -0.25) is 0 Å². The molecule has 0 unspecified atom stereocenters. The summed E-state index contributed by atoms with van der Waals surface area (Å²) in [6.45, 7) is 4.55. The summed E-state index contributed by atoms with van der Waals surface area (Å²) in [5.74, 6) is 13.6. The highest BCUT2D eigenvalue weighted by molar-refractivity contribution is 5.99. The van der Waals surface area contributed by atoms with Crippen molar-refractivity contribution in [2.75, 3.05) is 0 Å². The molecule has 0 radical (unpaired) electrons. The summed E-state index contributed by atoms with van der Waals surface area (Å²) in [5, 5.41) is 5.08. The number of rotatable bonds is 14. The van der Waals surface area contributed by atoms with Crippen LogP contribution in [-0.2, 0) is 0 Å². The topological polar surface area (TPSA) is 0 Å². The summed E-state index contributed by atoms with van der Waals surface area (Å²) in [6.07, 6.45) is 20.8. The molecule has 3 aromatic rings. The Bertz CT molecular complexity index is 1080. The van der Waals surface area contributed by atoms with Gasteiger partial charge >= 0.3 is 0 Å². The molecule has 0 heteroatoms. The van der Waals surface area contributed by atoms with Gasteiger partial charge in [-0.2, -0.15) is 0 Å². The van der Waals surface area contributed by atoms with E-state index in [0.717, 1.165) is 24.0 Å². The lowest BCUT2D eigenvalue weighted by Gasteiger charge is -2.04. The highest BCUT2D eigenvalue weighted by atomic mass is 14.0. The quantitative estimate of drug-likeness (QED) is 0.123. The zero-order valence-corrected chi connectivity index (χ0v) is 22.9. The Kier molecular flexibility index (Phi) is 13.1. The van der Waals surface area contributed by atoms with Crippen LogP contribution < -0.4 is 0 Å². The van der Waals surface area contributed by atoms with E-state index in [-0.39, 0.29) is 0 Å². The zero-order chi connectivity index (χ0) is 25.3. The van der Waals surface area contributed by atoms with Crippen molar-refractivity contribution in [2.24, 2.45) is 0 Å². The lowest BCUT2D eigenvalue weighted by molar-refractivity contribution is 0.594. The van der Waals surface area contributed by atoms with E-state index in [1.807, 2.05) is 0 Å². The molecule has 0 saturated carbocycles. The van der Waals surface area contributed by atoms with E-state index in [1.165, 1.54) is 111 Å². The van der Waals surface area contributed by atoms with Crippen LogP contribution in [0.25, 0.3) is 21.5 Å². The molecule has 0 N–H and O–H groups in total. The lowest BCUT2D eigenvalue weighted by atomic mass is 10.00. The van der Waals surface area contributed by atoms with Crippen molar-refractivity contribution in [1.29, 1.82) is 0 Å². The van der Waals surface area contributed by atoms with Gasteiger partial charge < -0.3 is 0 Å². The third kappa shape index (κ3) is 10.1. The maximum atomic E-state index is 3.39. The van der Waals surface area contributed by atoms with Crippen molar-refractivity contribution in [3.05, 3.63) is 59.7 Å². The van der Waals surface area contributed by atoms with Gasteiger partial charge in [0.15, 0.2) is 0 Å². The maximum Gasteiger partial charge on any atom is 0.0251 e. The van der Waals surface area contributed by atoms with Crippen LogP contribution in [0, 0.1) is 23.7 Å². The van der Waals surface area contributed by atoms with Crippen LogP contribution in [0.5, 0.6) is 0 Å². The van der Waals surface area contributed by atoms with E-state index >= 15 is 0 Å². The molecule has 0 nitrogen and oxygen atoms in total. The van der Waals surface area contributed by atoms with Crippen molar-refractivity contribution in [3.8, 4) is 23.7 Å². The average molecular weight is 479 g/mol. The molecule has 3 aromatic carbocycles. The third-order valence-corrected chi connectivity index (χ3v) is 7.07. The molecule has 0 spiro atoms. The highest BCUT2D eigenvalue weighted by Crippen LogP contribution is 2.25. The second kappa shape index (κ2) is 16.9. The van der Waals surface area contributed by atoms with Gasteiger partial charge in [0.2, 0.25) is 0 Å². The lowest BCUT2D eigenvalue weighted by Crippen LogP contribution is -1.82. The Hall–Kier alpha value is -2.70. The first-order valence-electron chi connectivity index (χ1n) is 14.8. The molecule has 0 fully saturated rings. The summed E-state index contributed by atoms with van der Waals surface area (Å²) in [4.78, 5) is 0. The fourth-order valence-corrected chi connectivity index (χ4v) is 4.82. The van der Waals surface area contributed by atoms with Crippen molar-refractivity contribution < 1.29 is 0 Å². The van der Waals surface area contributed by atoms with Crippen molar-refractivity contribution >= 4 is 21.5 Å².